The van der Waals surface area contributed by atoms with E-state index in [9.17, 15) is 14.9 Å². The first kappa shape index (κ1) is 11.6. The number of hydrogen-bond donors (Lipinski definition) is 1. The number of carbonyl (C=O) groups is 1. The predicted molar refractivity (Wildman–Crippen MR) is 72.7 cm³/mol. The van der Waals surface area contributed by atoms with Crippen LogP contribution in [0.4, 0.5) is 5.69 Å². The lowest BCUT2D eigenvalue weighted by molar-refractivity contribution is -0.384. The van der Waals surface area contributed by atoms with Crippen molar-refractivity contribution in [1.82, 2.24) is 4.98 Å². The summed E-state index contributed by atoms with van der Waals surface area (Å²) in [6, 6.07) is 6.18. The summed E-state index contributed by atoms with van der Waals surface area (Å²) in [6.45, 7) is 0. The van der Waals surface area contributed by atoms with E-state index in [1.54, 1.807) is 23.7 Å². The topological polar surface area (TPSA) is 76.0 Å². The molecule has 0 saturated carbocycles. The van der Waals surface area contributed by atoms with Crippen LogP contribution in [0.1, 0.15) is 15.9 Å². The van der Waals surface area contributed by atoms with Gasteiger partial charge in [0.1, 0.15) is 0 Å². The highest BCUT2D eigenvalue weighted by atomic mass is 32.1. The van der Waals surface area contributed by atoms with Crippen LogP contribution in [-0.2, 0) is 0 Å². The predicted octanol–water partition coefficient (Wildman–Crippen LogP) is 3.37. The largest absolute Gasteiger partial charge is 0.360 e. The average Bonchev–Trinajstić information content (AvgIpc) is 3.06. The molecule has 1 aromatic carbocycles. The molecule has 0 bridgehead atoms. The molecule has 0 radical (unpaired) electrons. The zero-order chi connectivity index (χ0) is 13.4. The van der Waals surface area contributed by atoms with Crippen molar-refractivity contribution in [3.05, 3.63) is 62.5 Å². The number of thiophene rings is 1. The molecule has 0 fully saturated rings. The van der Waals surface area contributed by atoms with Crippen LogP contribution in [0, 0.1) is 10.1 Å². The number of aromatic nitrogens is 1. The Labute approximate surface area is 111 Å². The second-order valence-corrected chi connectivity index (χ2v) is 4.81. The first-order valence-corrected chi connectivity index (χ1v) is 6.43. The van der Waals surface area contributed by atoms with Crippen molar-refractivity contribution in [2.75, 3.05) is 0 Å². The van der Waals surface area contributed by atoms with E-state index >= 15 is 0 Å². The zero-order valence-corrected chi connectivity index (χ0v) is 10.4. The van der Waals surface area contributed by atoms with Crippen LogP contribution in [0.3, 0.4) is 0 Å². The van der Waals surface area contributed by atoms with Crippen molar-refractivity contribution < 1.29 is 9.72 Å². The van der Waals surface area contributed by atoms with Gasteiger partial charge in [-0.1, -0.05) is 0 Å². The van der Waals surface area contributed by atoms with Crippen LogP contribution >= 0.6 is 11.3 Å². The molecule has 6 heteroatoms. The lowest BCUT2D eigenvalue weighted by atomic mass is 10.0. The van der Waals surface area contributed by atoms with Gasteiger partial charge in [-0.2, -0.15) is 11.3 Å². The van der Waals surface area contributed by atoms with Gasteiger partial charge in [-0.3, -0.25) is 14.9 Å². The Bertz CT molecular complexity index is 774. The lowest BCUT2D eigenvalue weighted by Gasteiger charge is -1.97. The Balaban J connectivity index is 2.16. The van der Waals surface area contributed by atoms with Crippen LogP contribution in [0.5, 0.6) is 0 Å². The van der Waals surface area contributed by atoms with Gasteiger partial charge in [0.05, 0.1) is 4.92 Å². The third-order valence-corrected chi connectivity index (χ3v) is 3.59. The average molecular weight is 272 g/mol. The molecule has 0 aliphatic rings. The van der Waals surface area contributed by atoms with Crippen molar-refractivity contribution in [2.24, 2.45) is 0 Å². The molecule has 3 aromatic rings. The highest BCUT2D eigenvalue weighted by molar-refractivity contribution is 7.08. The summed E-state index contributed by atoms with van der Waals surface area (Å²) in [6.07, 6.45) is 1.59. The van der Waals surface area contributed by atoms with E-state index in [1.807, 2.05) is 5.38 Å². The van der Waals surface area contributed by atoms with Crippen LogP contribution < -0.4 is 0 Å². The second-order valence-electron chi connectivity index (χ2n) is 4.03. The Kier molecular flexibility index (Phi) is 2.64. The molecule has 0 aliphatic heterocycles. The maximum atomic E-state index is 12.3. The fourth-order valence-electron chi connectivity index (χ4n) is 1.96. The minimum atomic E-state index is -0.467. The highest BCUT2D eigenvalue weighted by Crippen LogP contribution is 2.25. The Morgan fingerprint density at radius 3 is 2.84 bits per heavy atom. The lowest BCUT2D eigenvalue weighted by Crippen LogP contribution is -1.98. The van der Waals surface area contributed by atoms with Crippen molar-refractivity contribution in [3.8, 4) is 0 Å². The first-order valence-electron chi connectivity index (χ1n) is 5.49. The zero-order valence-electron chi connectivity index (χ0n) is 9.62. The van der Waals surface area contributed by atoms with Crippen molar-refractivity contribution in [2.45, 2.75) is 0 Å². The van der Waals surface area contributed by atoms with Crippen molar-refractivity contribution >= 4 is 33.7 Å². The summed E-state index contributed by atoms with van der Waals surface area (Å²) in [5, 5.41) is 14.9. The van der Waals surface area contributed by atoms with Gasteiger partial charge in [-0.25, -0.2) is 0 Å². The minimum Gasteiger partial charge on any atom is -0.360 e. The fraction of sp³-hybridized carbons (Fsp3) is 0. The maximum Gasteiger partial charge on any atom is 0.270 e. The molecule has 0 atom stereocenters. The smallest absolute Gasteiger partial charge is 0.270 e. The number of benzene rings is 1. The van der Waals surface area contributed by atoms with E-state index in [4.69, 9.17) is 0 Å². The third kappa shape index (κ3) is 1.92. The van der Waals surface area contributed by atoms with E-state index in [2.05, 4.69) is 4.98 Å². The molecule has 0 saturated heterocycles. The summed E-state index contributed by atoms with van der Waals surface area (Å²) in [7, 11) is 0. The van der Waals surface area contributed by atoms with Gasteiger partial charge < -0.3 is 4.98 Å². The van der Waals surface area contributed by atoms with Gasteiger partial charge >= 0.3 is 0 Å². The standard InChI is InChI=1S/C13H8N2O3S/c16-13(8-3-4-19-7-8)11-6-14-12-2-1-9(15(17)18)5-10(11)12/h1-7,14H. The minimum absolute atomic E-state index is 0.0218. The number of fused-ring (bicyclic) bond motifs is 1. The third-order valence-electron chi connectivity index (χ3n) is 2.90. The fourth-order valence-corrected chi connectivity index (χ4v) is 2.60. The van der Waals surface area contributed by atoms with E-state index in [1.165, 1.54) is 23.5 Å². The molecular formula is C13H8N2O3S. The van der Waals surface area contributed by atoms with E-state index < -0.39 is 4.92 Å². The Morgan fingerprint density at radius 2 is 2.16 bits per heavy atom. The maximum absolute atomic E-state index is 12.3. The van der Waals surface area contributed by atoms with Gasteiger partial charge in [0, 0.05) is 45.7 Å². The van der Waals surface area contributed by atoms with Crippen molar-refractivity contribution in [3.63, 3.8) is 0 Å². The summed E-state index contributed by atoms with van der Waals surface area (Å²) in [5.41, 5.74) is 1.74. The normalized spacial score (nSPS) is 10.7. The number of rotatable bonds is 3. The first-order chi connectivity index (χ1) is 9.16. The van der Waals surface area contributed by atoms with Crippen LogP contribution in [0.25, 0.3) is 10.9 Å². The molecule has 5 nitrogen and oxygen atoms in total. The summed E-state index contributed by atoms with van der Waals surface area (Å²) >= 11 is 1.44. The van der Waals surface area contributed by atoms with Gasteiger partial charge in [0.15, 0.2) is 5.78 Å². The molecule has 2 aromatic heterocycles. The van der Waals surface area contributed by atoms with Crippen LogP contribution in [0.15, 0.2) is 41.2 Å². The summed E-state index contributed by atoms with van der Waals surface area (Å²) < 4.78 is 0. The van der Waals surface area contributed by atoms with E-state index in [0.29, 0.717) is 22.0 Å². The summed E-state index contributed by atoms with van der Waals surface area (Å²) in [4.78, 5) is 25.6. The highest BCUT2D eigenvalue weighted by Gasteiger charge is 2.16. The number of carbonyl (C=O) groups excluding carboxylic acids is 1. The number of H-pyrrole nitrogens is 1. The Hall–Kier alpha value is -2.47. The van der Waals surface area contributed by atoms with Gasteiger partial charge in [-0.15, -0.1) is 0 Å². The second kappa shape index (κ2) is 4.33. The molecule has 19 heavy (non-hydrogen) atoms. The van der Waals surface area contributed by atoms with Crippen molar-refractivity contribution in [1.29, 1.82) is 0 Å². The summed E-state index contributed by atoms with van der Waals surface area (Å²) in [5.74, 6) is -0.131. The molecule has 0 unspecified atom stereocenters. The number of ketones is 1. The number of nitro groups is 1. The van der Waals surface area contributed by atoms with Gasteiger partial charge in [0.2, 0.25) is 0 Å². The quantitative estimate of drug-likeness (QED) is 0.451. The van der Waals surface area contributed by atoms with Crippen LogP contribution in [-0.4, -0.2) is 15.7 Å². The molecule has 0 aliphatic carbocycles. The van der Waals surface area contributed by atoms with Gasteiger partial charge in [0.25, 0.3) is 5.69 Å². The Morgan fingerprint density at radius 1 is 1.32 bits per heavy atom. The van der Waals surface area contributed by atoms with Gasteiger partial charge in [-0.05, 0) is 17.5 Å². The molecule has 3 rings (SSSR count). The molecule has 2 heterocycles. The number of non-ortho nitro benzene ring substituents is 1. The SMILES string of the molecule is O=C(c1ccsc1)c1c[nH]c2ccc([N+](=O)[O-])cc12. The number of nitrogens with one attached hydrogen (secondary N) is 1. The number of aromatic amines is 1. The molecule has 0 spiro atoms. The van der Waals surface area contributed by atoms with Crippen LogP contribution in [0.2, 0.25) is 0 Å². The molecule has 0 amide bonds. The number of nitrogens with zero attached hydrogens (tertiary/aromatic N) is 1. The molecule has 94 valence electrons. The van der Waals surface area contributed by atoms with E-state index in [0.717, 1.165) is 0 Å². The molecular weight excluding hydrogens is 264 g/mol. The number of nitro benzene ring substituents is 1. The monoisotopic (exact) mass is 272 g/mol. The molecule has 1 N–H and O–H groups in total. The number of hydrogen-bond acceptors (Lipinski definition) is 4. The van der Waals surface area contributed by atoms with E-state index in [-0.39, 0.29) is 11.5 Å².